The lowest BCUT2D eigenvalue weighted by Gasteiger charge is -2.18. The molecule has 1 aliphatic rings. The van der Waals surface area contributed by atoms with Gasteiger partial charge < -0.3 is 5.32 Å². The summed E-state index contributed by atoms with van der Waals surface area (Å²) in [5.74, 6) is 1.24. The summed E-state index contributed by atoms with van der Waals surface area (Å²) in [5, 5.41) is 9.36. The molecule has 128 valence electrons. The Bertz CT molecular complexity index is 884. The first-order valence-corrected chi connectivity index (χ1v) is 9.40. The molecule has 0 saturated carbocycles. The van der Waals surface area contributed by atoms with E-state index in [1.54, 1.807) is 22.2 Å². The number of carbonyl (C=O) groups is 1. The van der Waals surface area contributed by atoms with Crippen LogP contribution in [-0.4, -0.2) is 20.7 Å². The number of hydrogen-bond donors (Lipinski definition) is 1. The van der Waals surface area contributed by atoms with Gasteiger partial charge in [-0.2, -0.15) is 5.10 Å². The molecule has 0 fully saturated rings. The number of nitrogens with zero attached hydrogens (tertiary/aromatic N) is 3. The minimum atomic E-state index is -0.0568. The Morgan fingerprint density at radius 2 is 2.36 bits per heavy atom. The molecule has 0 bridgehead atoms. The standard InChI is InChI=1S/C19H20N4OS/c1-13-4-5-15-16(12-25-17(15)9-13)19(24)21-18-6-8-23(22-18)11-14-3-2-7-20-10-14/h2-3,6-8,10,12-13H,4-5,9,11H2,1H3,(H,21,22,24). The number of hydrogen-bond acceptors (Lipinski definition) is 4. The third-order valence-electron chi connectivity index (χ3n) is 4.60. The van der Waals surface area contributed by atoms with Crippen LogP contribution in [0.4, 0.5) is 5.82 Å². The van der Waals surface area contributed by atoms with Crippen molar-refractivity contribution in [2.45, 2.75) is 32.7 Å². The van der Waals surface area contributed by atoms with Gasteiger partial charge in [-0.3, -0.25) is 14.5 Å². The van der Waals surface area contributed by atoms with Gasteiger partial charge in [-0.1, -0.05) is 13.0 Å². The minimum Gasteiger partial charge on any atom is -0.305 e. The molecule has 1 aliphatic carbocycles. The van der Waals surface area contributed by atoms with Crippen molar-refractivity contribution in [1.29, 1.82) is 0 Å². The van der Waals surface area contributed by atoms with Crippen LogP contribution >= 0.6 is 11.3 Å². The molecule has 0 saturated heterocycles. The van der Waals surface area contributed by atoms with Crippen molar-refractivity contribution in [2.24, 2.45) is 5.92 Å². The number of aromatic nitrogens is 3. The van der Waals surface area contributed by atoms with Gasteiger partial charge in [0, 0.05) is 34.9 Å². The zero-order valence-corrected chi connectivity index (χ0v) is 14.9. The van der Waals surface area contributed by atoms with Crippen LogP contribution in [0.5, 0.6) is 0 Å². The largest absolute Gasteiger partial charge is 0.305 e. The predicted octanol–water partition coefficient (Wildman–Crippen LogP) is 3.77. The van der Waals surface area contributed by atoms with Crippen molar-refractivity contribution in [1.82, 2.24) is 14.8 Å². The fourth-order valence-electron chi connectivity index (χ4n) is 3.25. The van der Waals surface area contributed by atoms with Crippen LogP contribution < -0.4 is 5.32 Å². The molecular weight excluding hydrogens is 332 g/mol. The monoisotopic (exact) mass is 352 g/mol. The maximum Gasteiger partial charge on any atom is 0.257 e. The Kier molecular flexibility index (Phi) is 4.36. The molecule has 3 heterocycles. The Labute approximate surface area is 150 Å². The van der Waals surface area contributed by atoms with Crippen molar-refractivity contribution >= 4 is 23.1 Å². The van der Waals surface area contributed by atoms with Gasteiger partial charge >= 0.3 is 0 Å². The summed E-state index contributed by atoms with van der Waals surface area (Å²) < 4.78 is 1.80. The van der Waals surface area contributed by atoms with Crippen LogP contribution in [0.15, 0.2) is 42.2 Å². The molecule has 1 unspecified atom stereocenters. The molecule has 1 atom stereocenters. The number of pyridine rings is 1. The Balaban J connectivity index is 1.45. The van der Waals surface area contributed by atoms with E-state index in [-0.39, 0.29) is 5.91 Å². The molecular formula is C19H20N4OS. The van der Waals surface area contributed by atoms with E-state index in [2.05, 4.69) is 22.3 Å². The quantitative estimate of drug-likeness (QED) is 0.778. The minimum absolute atomic E-state index is 0.0568. The van der Waals surface area contributed by atoms with E-state index < -0.39 is 0 Å². The molecule has 0 aromatic carbocycles. The van der Waals surface area contributed by atoms with E-state index in [1.807, 2.05) is 36.0 Å². The molecule has 4 rings (SSSR count). The van der Waals surface area contributed by atoms with Gasteiger partial charge in [-0.05, 0) is 42.4 Å². The fourth-order valence-corrected chi connectivity index (χ4v) is 4.49. The molecule has 6 heteroatoms. The van der Waals surface area contributed by atoms with Crippen LogP contribution in [0.2, 0.25) is 0 Å². The van der Waals surface area contributed by atoms with Crippen molar-refractivity contribution in [3.63, 3.8) is 0 Å². The third kappa shape index (κ3) is 3.49. The molecule has 25 heavy (non-hydrogen) atoms. The van der Waals surface area contributed by atoms with E-state index in [4.69, 9.17) is 0 Å². The smallest absolute Gasteiger partial charge is 0.257 e. The lowest BCUT2D eigenvalue weighted by molar-refractivity contribution is 0.102. The van der Waals surface area contributed by atoms with Gasteiger partial charge in [0.2, 0.25) is 0 Å². The average molecular weight is 352 g/mol. The van der Waals surface area contributed by atoms with Gasteiger partial charge in [-0.15, -0.1) is 11.3 Å². The van der Waals surface area contributed by atoms with E-state index >= 15 is 0 Å². The highest BCUT2D eigenvalue weighted by Gasteiger charge is 2.23. The van der Waals surface area contributed by atoms with Crippen LogP contribution in [0.25, 0.3) is 0 Å². The van der Waals surface area contributed by atoms with E-state index in [0.717, 1.165) is 30.4 Å². The second-order valence-corrected chi connectivity index (χ2v) is 7.58. The lowest BCUT2D eigenvalue weighted by atomic mass is 9.88. The Morgan fingerprint density at radius 1 is 1.44 bits per heavy atom. The maximum atomic E-state index is 12.6. The van der Waals surface area contributed by atoms with Crippen LogP contribution in [0.1, 0.15) is 39.7 Å². The summed E-state index contributed by atoms with van der Waals surface area (Å²) in [6.07, 6.45) is 8.68. The zero-order valence-electron chi connectivity index (χ0n) is 14.1. The SMILES string of the molecule is CC1CCc2c(C(=O)Nc3ccn(Cc4cccnc4)n3)csc2C1. The Hall–Kier alpha value is -2.47. The summed E-state index contributed by atoms with van der Waals surface area (Å²) in [4.78, 5) is 18.1. The number of amides is 1. The molecule has 0 spiro atoms. The number of thiophene rings is 1. The number of anilines is 1. The maximum absolute atomic E-state index is 12.6. The number of nitrogens with one attached hydrogen (secondary N) is 1. The summed E-state index contributed by atoms with van der Waals surface area (Å²) in [7, 11) is 0. The predicted molar refractivity (Wildman–Crippen MR) is 99.0 cm³/mol. The van der Waals surface area contributed by atoms with Crippen LogP contribution in [-0.2, 0) is 19.4 Å². The summed E-state index contributed by atoms with van der Waals surface area (Å²) in [6.45, 7) is 2.91. The second-order valence-electron chi connectivity index (χ2n) is 6.61. The van der Waals surface area contributed by atoms with Crippen molar-refractivity contribution in [2.75, 3.05) is 5.32 Å². The van der Waals surface area contributed by atoms with Crippen LogP contribution in [0, 0.1) is 5.92 Å². The molecule has 3 aromatic rings. The first-order chi connectivity index (χ1) is 12.2. The summed E-state index contributed by atoms with van der Waals surface area (Å²) in [5.41, 5.74) is 3.12. The van der Waals surface area contributed by atoms with Crippen molar-refractivity contribution in [3.05, 3.63) is 63.7 Å². The van der Waals surface area contributed by atoms with Gasteiger partial charge in [0.1, 0.15) is 0 Å². The molecule has 0 radical (unpaired) electrons. The average Bonchev–Trinajstić information content (AvgIpc) is 3.22. The number of rotatable bonds is 4. The van der Waals surface area contributed by atoms with Crippen LogP contribution in [0.3, 0.4) is 0 Å². The zero-order chi connectivity index (χ0) is 17.2. The highest BCUT2D eigenvalue weighted by Crippen LogP contribution is 2.33. The highest BCUT2D eigenvalue weighted by atomic mass is 32.1. The molecule has 1 amide bonds. The van der Waals surface area contributed by atoms with Gasteiger partial charge in [-0.25, -0.2) is 0 Å². The number of carbonyl (C=O) groups excluding carboxylic acids is 1. The van der Waals surface area contributed by atoms with Crippen molar-refractivity contribution in [3.8, 4) is 0 Å². The number of fused-ring (bicyclic) bond motifs is 1. The Morgan fingerprint density at radius 3 is 3.20 bits per heavy atom. The molecule has 1 N–H and O–H groups in total. The normalized spacial score (nSPS) is 16.4. The third-order valence-corrected chi connectivity index (χ3v) is 5.65. The van der Waals surface area contributed by atoms with Gasteiger partial charge in [0.05, 0.1) is 12.1 Å². The lowest BCUT2D eigenvalue weighted by Crippen LogP contribution is -2.17. The molecule has 3 aromatic heterocycles. The van der Waals surface area contributed by atoms with E-state index in [9.17, 15) is 4.79 Å². The summed E-state index contributed by atoms with van der Waals surface area (Å²) in [6, 6.07) is 5.74. The first-order valence-electron chi connectivity index (χ1n) is 8.52. The topological polar surface area (TPSA) is 59.8 Å². The second kappa shape index (κ2) is 6.80. The van der Waals surface area contributed by atoms with E-state index in [1.165, 1.54) is 10.4 Å². The van der Waals surface area contributed by atoms with Gasteiger partial charge in [0.15, 0.2) is 5.82 Å². The van der Waals surface area contributed by atoms with Crippen molar-refractivity contribution < 1.29 is 4.79 Å². The highest BCUT2D eigenvalue weighted by molar-refractivity contribution is 7.10. The molecule has 5 nitrogen and oxygen atoms in total. The summed E-state index contributed by atoms with van der Waals surface area (Å²) >= 11 is 1.71. The fraction of sp³-hybridized carbons (Fsp3) is 0.316. The first kappa shape index (κ1) is 16.0. The van der Waals surface area contributed by atoms with Gasteiger partial charge in [0.25, 0.3) is 5.91 Å². The van der Waals surface area contributed by atoms with E-state index in [0.29, 0.717) is 18.3 Å². The molecule has 0 aliphatic heterocycles.